The highest BCUT2D eigenvalue weighted by atomic mass is 16.5. The highest BCUT2D eigenvalue weighted by Crippen LogP contribution is 2.41. The minimum absolute atomic E-state index is 0.00835. The van der Waals surface area contributed by atoms with Crippen molar-refractivity contribution in [3.05, 3.63) is 77.4 Å². The monoisotopic (exact) mass is 1250 g/mol. The molecule has 0 radical (unpaired) electrons. The third-order valence-electron chi connectivity index (χ3n) is 19.9. The Bertz CT molecular complexity index is 2590. The van der Waals surface area contributed by atoms with Crippen LogP contribution in [0.3, 0.4) is 0 Å². The summed E-state index contributed by atoms with van der Waals surface area (Å²) in [4.78, 5) is 116. The first kappa shape index (κ1) is 76.7. The molecule has 0 bridgehead atoms. The summed E-state index contributed by atoms with van der Waals surface area (Å²) >= 11 is 0. The van der Waals surface area contributed by atoms with Gasteiger partial charge in [0.05, 0.1) is 42.7 Å². The molecule has 0 saturated carbocycles. The molecule has 0 aromatic heterocycles. The minimum atomic E-state index is -0.894. The van der Waals surface area contributed by atoms with Crippen LogP contribution in [0.4, 0.5) is 0 Å². The second kappa shape index (κ2) is 38.9. The van der Waals surface area contributed by atoms with Crippen LogP contribution in [0.1, 0.15) is 208 Å². The number of allylic oxidation sites excluding steroid dienone is 1. The average Bonchev–Trinajstić information content (AvgIpc) is 1.69. The number of unbranched alkanes of at least 4 members (excludes halogenated alkanes) is 3. The third-order valence-corrected chi connectivity index (χ3v) is 19.9. The smallest absolute Gasteiger partial charge is 0.245 e. The standard InChI is InChI=1S/C73H117N7O10/c1-16-20-30-54-38-40-55(41-39-54)42-43-57(47-56-31-23-21-24-32-56)33-27-35-60(81)53(10)69(90-15)59-34-28-46-79(59)65(85)49-61(89-14)68(52(9)17-2)78(13)72(88)66(50(5)6)74-70(86)67(51(7)8)77(12)44-29-37-63(83)76-75-62(82)36-25-22-26-45-80-64(84)48-58(71(80)87)73(11,18-3)19-4/h21,23-24,31-32,38-43,50-53,57-59,61,66-69H,16-20,22,25-30,33-37,44-49H2,1-15H3,(H,74,86)(H,75,82)(H,76,83)/b43-42+/t52-,53-,57+,58?,59-,61+,66-,67-,68?,69+/m0/s1. The van der Waals surface area contributed by atoms with Gasteiger partial charge in [0.15, 0.2) is 0 Å². The van der Waals surface area contributed by atoms with Gasteiger partial charge in [-0.1, -0.05) is 162 Å². The van der Waals surface area contributed by atoms with Crippen LogP contribution < -0.4 is 16.2 Å². The summed E-state index contributed by atoms with van der Waals surface area (Å²) in [6.45, 7) is 23.3. The van der Waals surface area contributed by atoms with Crippen LogP contribution in [-0.4, -0.2) is 151 Å². The van der Waals surface area contributed by atoms with Gasteiger partial charge in [-0.3, -0.25) is 59.0 Å². The zero-order valence-electron chi connectivity index (χ0n) is 57.9. The van der Waals surface area contributed by atoms with Crippen molar-refractivity contribution >= 4 is 53.2 Å². The molecule has 0 aliphatic carbocycles. The first-order chi connectivity index (χ1) is 42.9. The highest BCUT2D eigenvalue weighted by molar-refractivity contribution is 6.04. The number of hydrazine groups is 1. The molecule has 10 atom stereocenters. The molecule has 0 spiro atoms. The maximum Gasteiger partial charge on any atom is 0.245 e. The molecule has 2 aromatic rings. The average molecular weight is 1250 g/mol. The number of ether oxygens (including phenoxy) is 2. The van der Waals surface area contributed by atoms with Crippen molar-refractivity contribution in [3.63, 3.8) is 0 Å². The number of rotatable bonds is 41. The normalized spacial score (nSPS) is 18.2. The van der Waals surface area contributed by atoms with Crippen LogP contribution in [0.15, 0.2) is 60.7 Å². The highest BCUT2D eigenvalue weighted by Gasteiger charge is 2.47. The van der Waals surface area contributed by atoms with Crippen LogP contribution in [-0.2, 0) is 60.7 Å². The number of carbonyl (C=O) groups excluding carboxylic acids is 8. The van der Waals surface area contributed by atoms with Crippen molar-refractivity contribution in [1.29, 1.82) is 0 Å². The van der Waals surface area contributed by atoms with E-state index in [0.717, 1.165) is 44.9 Å². The molecule has 2 heterocycles. The number of methoxy groups -OCH3 is 2. The molecule has 17 heteroatoms. The molecule has 2 aromatic carbocycles. The fourth-order valence-electron chi connectivity index (χ4n) is 13.5. The topological polar surface area (TPSA) is 204 Å². The SMILES string of the molecule is CCCCc1ccc(/C=C/[C@@H](CCCC(=O)[C@H](C)[C@@H](OC)[C@@H]2CCCN2C(=O)C[C@@H](OC)C([C@@H](C)CC)N(C)C(=O)[C@@H](NC(=O)[C@H](C(C)C)N(C)CCCC(=O)NNC(=O)CCCCCN2C(=O)CC(C(C)(CC)CC)C2=O)C(C)C)Cc2ccccc2)cc1. The van der Waals surface area contributed by atoms with Crippen LogP contribution in [0.25, 0.3) is 6.08 Å². The van der Waals surface area contributed by atoms with E-state index < -0.39 is 36.3 Å². The van der Waals surface area contributed by atoms with Crippen LogP contribution >= 0.6 is 0 Å². The Morgan fingerprint density at radius 1 is 0.767 bits per heavy atom. The number of ketones is 1. The summed E-state index contributed by atoms with van der Waals surface area (Å²) in [5.74, 6) is -2.55. The van der Waals surface area contributed by atoms with Gasteiger partial charge in [-0.05, 0) is 136 Å². The molecule has 2 aliphatic rings. The summed E-state index contributed by atoms with van der Waals surface area (Å²) in [7, 11) is 6.75. The molecular weight excluding hydrogens is 1130 g/mol. The second-order valence-corrected chi connectivity index (χ2v) is 27.0. The molecule has 2 aliphatic heterocycles. The fourth-order valence-corrected chi connectivity index (χ4v) is 13.5. The summed E-state index contributed by atoms with van der Waals surface area (Å²) in [5, 5.41) is 3.10. The molecule has 7 amide bonds. The zero-order chi connectivity index (χ0) is 66.7. The summed E-state index contributed by atoms with van der Waals surface area (Å²) in [5.41, 5.74) is 8.56. The van der Waals surface area contributed by atoms with E-state index in [1.165, 1.54) is 34.4 Å². The van der Waals surface area contributed by atoms with Crippen LogP contribution in [0, 0.1) is 40.9 Å². The van der Waals surface area contributed by atoms with Gasteiger partial charge in [-0.2, -0.15) is 0 Å². The maximum atomic E-state index is 14.8. The van der Waals surface area contributed by atoms with E-state index in [-0.39, 0.29) is 114 Å². The van der Waals surface area contributed by atoms with Gasteiger partial charge in [0.1, 0.15) is 11.8 Å². The molecule has 2 saturated heterocycles. The van der Waals surface area contributed by atoms with E-state index in [1.807, 2.05) is 71.4 Å². The number of Topliss-reactive ketones (excluding diaryl/α,β-unsaturated/α-hetero) is 1. The van der Waals surface area contributed by atoms with Crippen LogP contribution in [0.2, 0.25) is 0 Å². The number of benzene rings is 2. The molecule has 2 unspecified atom stereocenters. The van der Waals surface area contributed by atoms with Gasteiger partial charge in [0, 0.05) is 66.0 Å². The van der Waals surface area contributed by atoms with E-state index in [0.29, 0.717) is 64.6 Å². The summed E-state index contributed by atoms with van der Waals surface area (Å²) < 4.78 is 12.3. The number of likely N-dealkylation sites (N-methyl/N-ethyl adjacent to an activating group) is 2. The lowest BCUT2D eigenvalue weighted by Gasteiger charge is -2.41. The number of hydrogen-bond acceptors (Lipinski definition) is 11. The molecule has 2 fully saturated rings. The predicted molar refractivity (Wildman–Crippen MR) is 358 cm³/mol. The van der Waals surface area contributed by atoms with Gasteiger partial charge in [0.2, 0.25) is 41.4 Å². The third kappa shape index (κ3) is 22.8. The molecule has 90 heavy (non-hydrogen) atoms. The number of nitrogens with zero attached hydrogens (tertiary/aromatic N) is 4. The first-order valence-electron chi connectivity index (χ1n) is 34.3. The van der Waals surface area contributed by atoms with E-state index in [2.05, 4.69) is 105 Å². The quantitative estimate of drug-likeness (QED) is 0.0325. The number of aryl methyl sites for hydroxylation is 1. The van der Waals surface area contributed by atoms with Crippen molar-refractivity contribution in [2.24, 2.45) is 40.9 Å². The molecule has 504 valence electrons. The fraction of sp³-hybridized carbons (Fsp3) is 0.699. The van der Waals surface area contributed by atoms with Crippen molar-refractivity contribution < 1.29 is 47.8 Å². The van der Waals surface area contributed by atoms with E-state index in [9.17, 15) is 38.4 Å². The van der Waals surface area contributed by atoms with E-state index in [4.69, 9.17) is 9.47 Å². The predicted octanol–water partition coefficient (Wildman–Crippen LogP) is 11.3. The van der Waals surface area contributed by atoms with Gasteiger partial charge >= 0.3 is 0 Å². The number of amides is 7. The second-order valence-electron chi connectivity index (χ2n) is 27.0. The Hall–Kier alpha value is -5.78. The Kier molecular flexibility index (Phi) is 33.2. The van der Waals surface area contributed by atoms with Crippen molar-refractivity contribution in [1.82, 2.24) is 35.8 Å². The number of imide groups is 1. The van der Waals surface area contributed by atoms with Gasteiger partial charge in [0.25, 0.3) is 0 Å². The lowest BCUT2D eigenvalue weighted by Crippen LogP contribution is -2.60. The lowest BCUT2D eigenvalue weighted by atomic mass is 9.72. The van der Waals surface area contributed by atoms with E-state index in [1.54, 1.807) is 26.2 Å². The summed E-state index contributed by atoms with van der Waals surface area (Å²) in [6.07, 6.45) is 16.2. The Balaban J connectivity index is 1.30. The van der Waals surface area contributed by atoms with Crippen LogP contribution in [0.5, 0.6) is 0 Å². The Labute approximate surface area is 541 Å². The van der Waals surface area contributed by atoms with E-state index >= 15 is 0 Å². The Morgan fingerprint density at radius 2 is 1.42 bits per heavy atom. The molecule has 17 nitrogen and oxygen atoms in total. The number of likely N-dealkylation sites (tertiary alicyclic amines) is 2. The van der Waals surface area contributed by atoms with Gasteiger partial charge in [-0.25, -0.2) is 0 Å². The van der Waals surface area contributed by atoms with Gasteiger partial charge < -0.3 is 24.6 Å². The lowest BCUT2D eigenvalue weighted by molar-refractivity contribution is -0.148. The maximum absolute atomic E-state index is 14.8. The largest absolute Gasteiger partial charge is 0.379 e. The minimum Gasteiger partial charge on any atom is -0.379 e. The molecule has 3 N–H and O–H groups in total. The van der Waals surface area contributed by atoms with Crippen molar-refractivity contribution in [2.75, 3.05) is 47.9 Å². The van der Waals surface area contributed by atoms with Crippen molar-refractivity contribution in [3.8, 4) is 0 Å². The number of carbonyl (C=O) groups is 8. The number of nitrogens with one attached hydrogen (secondary N) is 3. The van der Waals surface area contributed by atoms with Crippen molar-refractivity contribution in [2.45, 2.75) is 241 Å². The van der Waals surface area contributed by atoms with Gasteiger partial charge in [-0.15, -0.1) is 0 Å². The molecule has 4 rings (SSSR count). The zero-order valence-corrected chi connectivity index (χ0v) is 57.9. The molecular formula is C73H117N7O10. The first-order valence-corrected chi connectivity index (χ1v) is 34.3. The number of hydrogen-bond donors (Lipinski definition) is 3. The summed E-state index contributed by atoms with van der Waals surface area (Å²) in [6, 6.07) is 17.0. The Morgan fingerprint density at radius 3 is 2.01 bits per heavy atom.